The molecule has 46 heavy (non-hydrogen) atoms. The minimum atomic E-state index is -1.25. The summed E-state index contributed by atoms with van der Waals surface area (Å²) in [4.78, 5) is 69.3. The van der Waals surface area contributed by atoms with Gasteiger partial charge in [0.2, 0.25) is 0 Å². The van der Waals surface area contributed by atoms with E-state index in [1.165, 1.54) is 0 Å². The van der Waals surface area contributed by atoms with Gasteiger partial charge in [0.1, 0.15) is 45.1 Å². The Balaban J connectivity index is 0. The third-order valence-electron chi connectivity index (χ3n) is 5.13. The van der Waals surface area contributed by atoms with E-state index in [1.807, 2.05) is 0 Å². The topological polar surface area (TPSA) is 158 Å². The highest BCUT2D eigenvalue weighted by molar-refractivity contribution is 7.81. The minimum absolute atomic E-state index is 0.00770. The largest absolute Gasteiger partial charge is 0.465 e. The zero-order valence-electron chi connectivity index (χ0n) is 25.7. The molecule has 18 heteroatoms. The molecule has 12 nitrogen and oxygen atoms in total. The molecule has 0 saturated carbocycles. The van der Waals surface area contributed by atoms with Gasteiger partial charge in [0.25, 0.3) is 0 Å². The molecule has 0 N–H and O–H groups in total. The normalized spacial score (nSPS) is 11.0. The van der Waals surface area contributed by atoms with Crippen molar-refractivity contribution in [2.75, 3.05) is 74.2 Å². The van der Waals surface area contributed by atoms with Crippen molar-refractivity contribution in [1.82, 2.24) is 0 Å². The van der Waals surface area contributed by atoms with Crippen molar-refractivity contribution in [3.05, 3.63) is 13.8 Å². The predicted octanol–water partition coefficient (Wildman–Crippen LogP) is 2.79. The van der Waals surface area contributed by atoms with Gasteiger partial charge in [0, 0.05) is 39.9 Å². The van der Waals surface area contributed by atoms with Gasteiger partial charge < -0.3 is 28.4 Å². The number of ether oxygens (including phenoxy) is 6. The number of hydrogen-bond acceptors (Lipinski definition) is 18. The number of hydrogen-bond donors (Lipinski definition) is 6. The molecule has 0 aromatic carbocycles. The molecule has 266 valence electrons. The van der Waals surface area contributed by atoms with Gasteiger partial charge in [-0.25, -0.2) is 0 Å². The first kappa shape index (κ1) is 47.0. The highest BCUT2D eigenvalue weighted by Crippen LogP contribution is 2.22. The van der Waals surface area contributed by atoms with Crippen LogP contribution >= 0.6 is 75.8 Å². The first-order chi connectivity index (χ1) is 21.7. The highest BCUT2D eigenvalue weighted by atomic mass is 32.1. The molecule has 0 aliphatic heterocycles. The van der Waals surface area contributed by atoms with Crippen LogP contribution in [0, 0.1) is 24.7 Å². The molecule has 0 atom stereocenters. The molecule has 2 radical (unpaired) electrons. The summed E-state index contributed by atoms with van der Waals surface area (Å²) < 4.78 is 30.7. The Labute approximate surface area is 304 Å². The summed E-state index contributed by atoms with van der Waals surface area (Å²) >= 11 is 23.7. The van der Waals surface area contributed by atoms with Crippen LogP contribution in [-0.2, 0) is 57.2 Å². The summed E-state index contributed by atoms with van der Waals surface area (Å²) in [5.74, 6) is -0.848. The Morgan fingerprint density at radius 2 is 0.543 bits per heavy atom. The van der Waals surface area contributed by atoms with Crippen LogP contribution in [0.3, 0.4) is 0 Å². The molecule has 0 heterocycles. The average Bonchev–Trinajstić information content (AvgIpc) is 3.00. The molecule has 0 unspecified atom stereocenters. The summed E-state index contributed by atoms with van der Waals surface area (Å²) in [5.41, 5.74) is -2.13. The van der Waals surface area contributed by atoms with Crippen molar-refractivity contribution in [3.8, 4) is 0 Å². The summed E-state index contributed by atoms with van der Waals surface area (Å²) in [6.07, 6.45) is 0.737. The van der Waals surface area contributed by atoms with E-state index in [4.69, 9.17) is 28.4 Å². The van der Waals surface area contributed by atoms with E-state index >= 15 is 0 Å². The van der Waals surface area contributed by atoms with Crippen molar-refractivity contribution in [1.29, 1.82) is 0 Å². The fourth-order valence-corrected chi connectivity index (χ4v) is 3.77. The van der Waals surface area contributed by atoms with Gasteiger partial charge in [0.15, 0.2) is 0 Å². The van der Waals surface area contributed by atoms with Crippen molar-refractivity contribution in [3.63, 3.8) is 0 Å². The van der Waals surface area contributed by atoms with E-state index in [1.54, 1.807) is 0 Å². The maximum absolute atomic E-state index is 11.8. The van der Waals surface area contributed by atoms with E-state index in [-0.39, 0.29) is 113 Å². The van der Waals surface area contributed by atoms with Crippen molar-refractivity contribution < 1.29 is 57.2 Å². The quantitative estimate of drug-likeness (QED) is 0.0486. The maximum atomic E-state index is 11.8. The van der Waals surface area contributed by atoms with Gasteiger partial charge in [-0.2, -0.15) is 75.8 Å². The zero-order chi connectivity index (χ0) is 35.4. The van der Waals surface area contributed by atoms with Crippen molar-refractivity contribution in [2.45, 2.75) is 38.5 Å². The lowest BCUT2D eigenvalue weighted by Gasteiger charge is -2.31. The molecule has 0 rings (SSSR count). The van der Waals surface area contributed by atoms with Crippen LogP contribution in [0.15, 0.2) is 0 Å². The maximum Gasteiger partial charge on any atom is 0.306 e. The first-order valence-corrected chi connectivity index (χ1v) is 17.8. The number of esters is 6. The summed E-state index contributed by atoms with van der Waals surface area (Å²) in [7, 11) is 0. The fourth-order valence-electron chi connectivity index (χ4n) is 2.67. The Hall–Kier alpha value is -1.08. The number of rotatable bonds is 24. The molecule has 0 aromatic heterocycles. The third-order valence-corrected chi connectivity index (χ3v) is 6.47. The molecule has 0 saturated heterocycles. The van der Waals surface area contributed by atoms with Gasteiger partial charge in [-0.1, -0.05) is 0 Å². The van der Waals surface area contributed by atoms with Crippen LogP contribution in [0.4, 0.5) is 0 Å². The Morgan fingerprint density at radius 3 is 0.717 bits per heavy atom. The molecule has 0 aliphatic carbocycles. The highest BCUT2D eigenvalue weighted by Gasteiger charge is 2.38. The predicted molar refractivity (Wildman–Crippen MR) is 192 cm³/mol. The van der Waals surface area contributed by atoms with Crippen LogP contribution in [0.2, 0.25) is 0 Å². The van der Waals surface area contributed by atoms with E-state index in [9.17, 15) is 28.8 Å². The smallest absolute Gasteiger partial charge is 0.306 e. The van der Waals surface area contributed by atoms with E-state index in [0.717, 1.165) is 0 Å². The molecule has 0 aromatic rings. The first-order valence-electron chi connectivity index (χ1n) is 14.0. The summed E-state index contributed by atoms with van der Waals surface area (Å²) in [5, 5.41) is 0. The monoisotopic (exact) mass is 766 g/mol. The van der Waals surface area contributed by atoms with Crippen LogP contribution in [0.1, 0.15) is 38.5 Å². The van der Waals surface area contributed by atoms with E-state index in [0.29, 0.717) is 11.5 Å². The Morgan fingerprint density at radius 1 is 0.370 bits per heavy atom. The number of carbonyl (C=O) groups excluding carboxylic acids is 6. The second-order valence-corrected chi connectivity index (χ2v) is 12.5. The molecule has 0 fully saturated rings. The molecule has 0 spiro atoms. The lowest BCUT2D eigenvalue weighted by Crippen LogP contribution is -2.44. The number of carbonyl (C=O) groups is 6. The summed E-state index contributed by atoms with van der Waals surface area (Å²) in [6, 6.07) is 0. The zero-order valence-corrected chi connectivity index (χ0v) is 31.1. The van der Waals surface area contributed by atoms with Crippen LogP contribution < -0.4 is 0 Å². The Kier molecular flexibility index (Phi) is 29.5. The molecule has 0 bridgehead atoms. The second kappa shape index (κ2) is 28.9. The van der Waals surface area contributed by atoms with Crippen LogP contribution in [0.5, 0.6) is 0 Å². The number of thiol groups is 6. The lowest BCUT2D eigenvalue weighted by atomic mass is 9.92. The average molecular weight is 767 g/mol. The van der Waals surface area contributed by atoms with Crippen molar-refractivity contribution >= 4 is 112 Å². The van der Waals surface area contributed by atoms with E-state index < -0.39 is 34.7 Å². The Bertz CT molecular complexity index is 802. The van der Waals surface area contributed by atoms with Crippen molar-refractivity contribution in [2.24, 2.45) is 10.8 Å². The second-order valence-electron chi connectivity index (χ2n) is 9.81. The lowest BCUT2D eigenvalue weighted by molar-refractivity contribution is -0.170. The summed E-state index contributed by atoms with van der Waals surface area (Å²) in [6.45, 7) is 6.35. The van der Waals surface area contributed by atoms with E-state index in [2.05, 4.69) is 89.6 Å². The SMILES string of the molecule is O=C(CCS)OCC(COC(=O)CCS)(COC(=O)CCS)COC(=O)CCS.[CH2]C([CH2])(COC(=O)CCS)COC(=O)CCS. The van der Waals surface area contributed by atoms with Gasteiger partial charge in [0.05, 0.1) is 38.5 Å². The minimum Gasteiger partial charge on any atom is -0.465 e. The van der Waals surface area contributed by atoms with Crippen LogP contribution in [-0.4, -0.2) is 110 Å². The van der Waals surface area contributed by atoms with Gasteiger partial charge >= 0.3 is 35.8 Å². The molecule has 0 amide bonds. The third kappa shape index (κ3) is 26.9. The molecule has 0 aliphatic rings. The van der Waals surface area contributed by atoms with Crippen LogP contribution in [0.25, 0.3) is 0 Å². The van der Waals surface area contributed by atoms with Gasteiger partial charge in [-0.05, 0) is 13.8 Å². The standard InChI is InChI=1S/C17H28O8S4.C11H18O4S2/c18-13(1-5-26)22-9-17(10-23-14(19)2-6-27,11-24-15(20)3-7-28)12-25-16(21)4-8-29;1-11(2,7-14-9(12)3-5-16)8-15-10(13)4-6-17/h26-29H,1-12H2;16-17H,1-8H2. The van der Waals surface area contributed by atoms with Gasteiger partial charge in [-0.3, -0.25) is 28.8 Å². The fraction of sp³-hybridized carbons (Fsp3) is 0.714. The molecular formula is C28H46O12S6. The van der Waals surface area contributed by atoms with Gasteiger partial charge in [-0.15, -0.1) is 0 Å². The molecular weight excluding hydrogens is 721 g/mol.